The average molecular weight is 503 g/mol. The second kappa shape index (κ2) is 22.1. The number of carbonyl (C=O) groups excluding carboxylic acids is 3. The summed E-state index contributed by atoms with van der Waals surface area (Å²) in [4.78, 5) is 37.6. The van der Waals surface area contributed by atoms with Crippen LogP contribution in [0.5, 0.6) is 0 Å². The molecule has 0 radical (unpaired) electrons. The molecule has 0 saturated carbocycles. The molecule has 7 nitrogen and oxygen atoms in total. The van der Waals surface area contributed by atoms with Gasteiger partial charge < -0.3 is 17.7 Å². The summed E-state index contributed by atoms with van der Waals surface area (Å²) in [5.41, 5.74) is 0. The van der Waals surface area contributed by atoms with Crippen LogP contribution in [-0.4, -0.2) is 33.6 Å². The number of carbonyl (C=O) groups is 3. The Morgan fingerprint density at radius 2 is 0.765 bits per heavy atom. The van der Waals surface area contributed by atoms with Gasteiger partial charge in [-0.2, -0.15) is 0 Å². The lowest BCUT2D eigenvalue weighted by Crippen LogP contribution is -2.53. The van der Waals surface area contributed by atoms with Crippen molar-refractivity contribution in [3.8, 4) is 0 Å². The van der Waals surface area contributed by atoms with Gasteiger partial charge in [0.25, 0.3) is 17.9 Å². The molecule has 0 aromatic rings. The van der Waals surface area contributed by atoms with Crippen LogP contribution in [0.3, 0.4) is 0 Å². The zero-order valence-corrected chi connectivity index (χ0v) is 23.3. The van der Waals surface area contributed by atoms with Gasteiger partial charge in [0.05, 0.1) is 0 Å². The highest BCUT2D eigenvalue weighted by Gasteiger charge is 2.58. The largest absolute Gasteiger partial charge is 0.899 e. The smallest absolute Gasteiger partial charge is 0.433 e. The van der Waals surface area contributed by atoms with E-state index in [0.717, 1.165) is 77.0 Å². The van der Waals surface area contributed by atoms with Gasteiger partial charge in [0.2, 0.25) is 0 Å². The molecule has 0 saturated heterocycles. The molecule has 0 atom stereocenters. The summed E-state index contributed by atoms with van der Waals surface area (Å²) in [6, 6.07) is 0. The lowest BCUT2D eigenvalue weighted by atomic mass is 10.1. The summed E-state index contributed by atoms with van der Waals surface area (Å²) in [6.45, 7) is 8.19. The normalized spacial score (nSPS) is 11.3. The Labute approximate surface area is 209 Å². The third kappa shape index (κ3) is 18.0. The SMILES string of the molecule is CCCCCCCC(=O)O[Si](OCC)(OC(=O)CCCCCCC)OC(=O)CCCCCCC. The summed E-state index contributed by atoms with van der Waals surface area (Å²) >= 11 is 0. The van der Waals surface area contributed by atoms with Crippen molar-refractivity contribution in [1.82, 2.24) is 0 Å². The molecule has 0 aliphatic carbocycles. The minimum atomic E-state index is -4.26. The molecule has 8 heteroatoms. The van der Waals surface area contributed by atoms with Gasteiger partial charge in [-0.05, 0) is 26.2 Å². The van der Waals surface area contributed by atoms with Gasteiger partial charge in [-0.25, -0.2) is 0 Å². The van der Waals surface area contributed by atoms with E-state index in [-0.39, 0.29) is 25.9 Å². The highest BCUT2D eigenvalue weighted by molar-refractivity contribution is 6.59. The van der Waals surface area contributed by atoms with E-state index in [0.29, 0.717) is 19.3 Å². The van der Waals surface area contributed by atoms with Gasteiger partial charge in [-0.3, -0.25) is 14.4 Å². The minimum Gasteiger partial charge on any atom is -0.433 e. The summed E-state index contributed by atoms with van der Waals surface area (Å²) in [7, 11) is -4.26. The van der Waals surface area contributed by atoms with Crippen LogP contribution in [0.1, 0.15) is 143 Å². The van der Waals surface area contributed by atoms with E-state index in [1.807, 2.05) is 0 Å². The second-order valence-electron chi connectivity index (χ2n) is 8.85. The Kier molecular flexibility index (Phi) is 21.2. The first kappa shape index (κ1) is 32.6. The maximum absolute atomic E-state index is 12.5. The molecule has 0 fully saturated rings. The fourth-order valence-electron chi connectivity index (χ4n) is 3.52. The predicted octanol–water partition coefficient (Wildman–Crippen LogP) is 7.17. The first-order valence-corrected chi connectivity index (χ1v) is 15.4. The summed E-state index contributed by atoms with van der Waals surface area (Å²) < 4.78 is 22.1. The topological polar surface area (TPSA) is 88.1 Å². The van der Waals surface area contributed by atoms with Gasteiger partial charge in [-0.15, -0.1) is 0 Å². The van der Waals surface area contributed by atoms with Gasteiger partial charge in [0, 0.05) is 25.9 Å². The van der Waals surface area contributed by atoms with Gasteiger partial charge in [0.15, 0.2) is 0 Å². The Morgan fingerprint density at radius 1 is 0.471 bits per heavy atom. The Morgan fingerprint density at radius 3 is 1.03 bits per heavy atom. The number of unbranched alkanes of at least 4 members (excludes halogenated alkanes) is 12. The maximum Gasteiger partial charge on any atom is 0.899 e. The predicted molar refractivity (Wildman–Crippen MR) is 136 cm³/mol. The molecule has 0 aromatic heterocycles. The van der Waals surface area contributed by atoms with Crippen molar-refractivity contribution in [2.24, 2.45) is 0 Å². The lowest BCUT2D eigenvalue weighted by molar-refractivity contribution is -0.159. The van der Waals surface area contributed by atoms with Crippen molar-refractivity contribution in [2.75, 3.05) is 6.61 Å². The summed E-state index contributed by atoms with van der Waals surface area (Å²) in [5, 5.41) is 0. The maximum atomic E-state index is 12.5. The zero-order chi connectivity index (χ0) is 25.5. The first-order valence-electron chi connectivity index (χ1n) is 13.7. The molecule has 0 spiro atoms. The van der Waals surface area contributed by atoms with E-state index in [4.69, 9.17) is 17.7 Å². The van der Waals surface area contributed by atoms with Crippen LogP contribution < -0.4 is 0 Å². The van der Waals surface area contributed by atoms with E-state index in [2.05, 4.69) is 20.8 Å². The van der Waals surface area contributed by atoms with Crippen LogP contribution in [0.25, 0.3) is 0 Å². The second-order valence-corrected chi connectivity index (χ2v) is 10.7. The third-order valence-corrected chi connectivity index (χ3v) is 7.57. The molecule has 0 rings (SSSR count). The van der Waals surface area contributed by atoms with Crippen LogP contribution in [0.15, 0.2) is 0 Å². The number of rotatable bonds is 23. The summed E-state index contributed by atoms with van der Waals surface area (Å²) in [6.07, 6.45) is 15.2. The van der Waals surface area contributed by atoms with Crippen LogP contribution in [-0.2, 0) is 32.1 Å². The zero-order valence-electron chi connectivity index (χ0n) is 22.3. The molecule has 0 heterocycles. The minimum absolute atomic E-state index is 0.101. The average Bonchev–Trinajstić information content (AvgIpc) is 2.78. The Bertz CT molecular complexity index is 470. The molecule has 0 bridgehead atoms. The fraction of sp³-hybridized carbons (Fsp3) is 0.885. The molecule has 0 aliphatic rings. The standard InChI is InChI=1S/C26H50O7Si/c1-5-9-12-15-18-21-24(27)31-34(30-8-4,32-25(28)22-19-16-13-10-6-2)33-26(29)23-20-17-14-11-7-3/h5-23H2,1-4H3. The number of hydrogen-bond acceptors (Lipinski definition) is 7. The first-order chi connectivity index (χ1) is 16.4. The van der Waals surface area contributed by atoms with Crippen molar-refractivity contribution >= 4 is 27.0 Å². The molecular formula is C26H50O7Si. The Hall–Kier alpha value is -1.41. The highest BCUT2D eigenvalue weighted by Crippen LogP contribution is 2.19. The van der Waals surface area contributed by atoms with Gasteiger partial charge >= 0.3 is 9.05 Å². The van der Waals surface area contributed by atoms with Crippen molar-refractivity contribution in [1.29, 1.82) is 0 Å². The fourth-order valence-corrected chi connectivity index (χ4v) is 5.32. The van der Waals surface area contributed by atoms with Crippen molar-refractivity contribution < 1.29 is 32.1 Å². The van der Waals surface area contributed by atoms with E-state index in [1.54, 1.807) is 6.92 Å². The van der Waals surface area contributed by atoms with E-state index >= 15 is 0 Å². The third-order valence-electron chi connectivity index (χ3n) is 5.49. The van der Waals surface area contributed by atoms with Crippen molar-refractivity contribution in [3.05, 3.63) is 0 Å². The molecular weight excluding hydrogens is 452 g/mol. The molecule has 34 heavy (non-hydrogen) atoms. The molecule has 0 aromatic carbocycles. The van der Waals surface area contributed by atoms with E-state index in [1.165, 1.54) is 0 Å². The Balaban J connectivity index is 5.04. The van der Waals surface area contributed by atoms with Crippen LogP contribution >= 0.6 is 0 Å². The summed E-state index contributed by atoms with van der Waals surface area (Å²) in [5.74, 6) is -1.66. The van der Waals surface area contributed by atoms with Gasteiger partial charge in [0.1, 0.15) is 0 Å². The number of hydrogen-bond donors (Lipinski definition) is 0. The molecule has 0 N–H and O–H groups in total. The van der Waals surface area contributed by atoms with E-state index < -0.39 is 27.0 Å². The lowest BCUT2D eigenvalue weighted by Gasteiger charge is -2.25. The van der Waals surface area contributed by atoms with Crippen LogP contribution in [0.4, 0.5) is 0 Å². The molecule has 0 aliphatic heterocycles. The van der Waals surface area contributed by atoms with Crippen LogP contribution in [0.2, 0.25) is 0 Å². The molecule has 0 amide bonds. The van der Waals surface area contributed by atoms with Gasteiger partial charge in [-0.1, -0.05) is 97.8 Å². The van der Waals surface area contributed by atoms with Crippen molar-refractivity contribution in [2.45, 2.75) is 143 Å². The highest BCUT2D eigenvalue weighted by atomic mass is 28.4. The van der Waals surface area contributed by atoms with Crippen molar-refractivity contribution in [3.63, 3.8) is 0 Å². The molecule has 200 valence electrons. The van der Waals surface area contributed by atoms with Crippen LogP contribution in [0, 0.1) is 0 Å². The monoisotopic (exact) mass is 502 g/mol. The quantitative estimate of drug-likeness (QED) is 0.108. The van der Waals surface area contributed by atoms with E-state index in [9.17, 15) is 14.4 Å². The molecule has 0 unspecified atom stereocenters.